The van der Waals surface area contributed by atoms with Crippen LogP contribution >= 0.6 is 23.2 Å². The first-order valence-corrected chi connectivity index (χ1v) is 8.79. The molecule has 0 aliphatic rings. The molecule has 0 amide bonds. The first-order chi connectivity index (χ1) is 10.3. The summed E-state index contributed by atoms with van der Waals surface area (Å²) in [6, 6.07) is 9.52. The molecule has 0 aliphatic carbocycles. The largest absolute Gasteiger partial charge is 0.494 e. The summed E-state index contributed by atoms with van der Waals surface area (Å²) >= 11 is 12.0. The van der Waals surface area contributed by atoms with Crippen LogP contribution in [0, 0.1) is 6.92 Å². The van der Waals surface area contributed by atoms with Crippen molar-refractivity contribution in [1.82, 2.24) is 0 Å². The second-order valence-corrected chi connectivity index (χ2v) is 6.98. The fourth-order valence-corrected chi connectivity index (χ4v) is 3.71. The zero-order valence-corrected chi connectivity index (χ0v) is 14.4. The van der Waals surface area contributed by atoms with Crippen LogP contribution in [0.3, 0.4) is 0 Å². The zero-order valence-electron chi connectivity index (χ0n) is 12.1. The Kier molecular flexibility index (Phi) is 5.21. The molecule has 22 heavy (non-hydrogen) atoms. The van der Waals surface area contributed by atoms with Crippen LogP contribution in [-0.4, -0.2) is 15.0 Å². The number of sulfonamides is 1. The van der Waals surface area contributed by atoms with E-state index in [9.17, 15) is 8.42 Å². The van der Waals surface area contributed by atoms with Gasteiger partial charge in [0.2, 0.25) is 0 Å². The molecule has 118 valence electrons. The van der Waals surface area contributed by atoms with Crippen molar-refractivity contribution in [3.8, 4) is 5.75 Å². The summed E-state index contributed by atoms with van der Waals surface area (Å²) in [6.07, 6.45) is 0. The van der Waals surface area contributed by atoms with Crippen molar-refractivity contribution in [1.29, 1.82) is 0 Å². The van der Waals surface area contributed by atoms with Crippen molar-refractivity contribution in [2.75, 3.05) is 11.3 Å². The van der Waals surface area contributed by atoms with E-state index in [1.807, 2.05) is 6.92 Å². The third-order valence-electron chi connectivity index (χ3n) is 2.99. The molecule has 7 heteroatoms. The summed E-state index contributed by atoms with van der Waals surface area (Å²) < 4.78 is 32.6. The van der Waals surface area contributed by atoms with Gasteiger partial charge in [-0.15, -0.1) is 0 Å². The highest BCUT2D eigenvalue weighted by Gasteiger charge is 2.20. The van der Waals surface area contributed by atoms with E-state index in [0.717, 1.165) is 0 Å². The summed E-state index contributed by atoms with van der Waals surface area (Å²) in [6.45, 7) is 4.09. The smallest absolute Gasteiger partial charge is 0.263 e. The standard InChI is InChI=1S/C15H15Cl2NO3S/c1-3-21-12-6-4-11(5-7-12)18-22(19,20)14-9-8-13(16)10(2)15(14)17/h4-9,18H,3H2,1-2H3. The van der Waals surface area contributed by atoms with Crippen molar-refractivity contribution >= 4 is 38.9 Å². The van der Waals surface area contributed by atoms with Gasteiger partial charge in [-0.1, -0.05) is 23.2 Å². The van der Waals surface area contributed by atoms with Crippen LogP contribution in [0.25, 0.3) is 0 Å². The van der Waals surface area contributed by atoms with Crippen molar-refractivity contribution in [2.24, 2.45) is 0 Å². The van der Waals surface area contributed by atoms with Crippen LogP contribution in [0.1, 0.15) is 12.5 Å². The molecule has 0 fully saturated rings. The van der Waals surface area contributed by atoms with Gasteiger partial charge in [0.05, 0.1) is 11.6 Å². The first-order valence-electron chi connectivity index (χ1n) is 6.55. The van der Waals surface area contributed by atoms with E-state index in [2.05, 4.69) is 4.72 Å². The second-order valence-electron chi connectivity index (χ2n) is 4.55. The summed E-state index contributed by atoms with van der Waals surface area (Å²) in [7, 11) is -3.79. The van der Waals surface area contributed by atoms with Crippen molar-refractivity contribution < 1.29 is 13.2 Å². The highest BCUT2D eigenvalue weighted by atomic mass is 35.5. The number of nitrogens with one attached hydrogen (secondary N) is 1. The summed E-state index contributed by atoms with van der Waals surface area (Å²) in [5.41, 5.74) is 0.949. The van der Waals surface area contributed by atoms with Crippen LogP contribution < -0.4 is 9.46 Å². The predicted molar refractivity (Wildman–Crippen MR) is 89.6 cm³/mol. The van der Waals surface area contributed by atoms with Gasteiger partial charge in [0.25, 0.3) is 10.0 Å². The van der Waals surface area contributed by atoms with Gasteiger partial charge in [0, 0.05) is 10.7 Å². The fourth-order valence-electron chi connectivity index (χ4n) is 1.84. The molecule has 2 rings (SSSR count). The van der Waals surface area contributed by atoms with E-state index in [1.54, 1.807) is 31.2 Å². The maximum atomic E-state index is 12.4. The molecule has 0 heterocycles. The third kappa shape index (κ3) is 3.66. The van der Waals surface area contributed by atoms with E-state index < -0.39 is 10.0 Å². The number of rotatable bonds is 5. The number of ether oxygens (including phenoxy) is 1. The van der Waals surface area contributed by atoms with Crippen LogP contribution in [0.4, 0.5) is 5.69 Å². The topological polar surface area (TPSA) is 55.4 Å². The number of anilines is 1. The van der Waals surface area contributed by atoms with E-state index >= 15 is 0 Å². The molecule has 0 radical (unpaired) electrons. The SMILES string of the molecule is CCOc1ccc(NS(=O)(=O)c2ccc(Cl)c(C)c2Cl)cc1. The zero-order chi connectivity index (χ0) is 16.3. The van der Waals surface area contributed by atoms with Gasteiger partial charge in [-0.3, -0.25) is 4.72 Å². The lowest BCUT2D eigenvalue weighted by Gasteiger charge is -2.12. The minimum atomic E-state index is -3.79. The van der Waals surface area contributed by atoms with E-state index in [0.29, 0.717) is 28.6 Å². The number of hydrogen-bond acceptors (Lipinski definition) is 3. The maximum Gasteiger partial charge on any atom is 0.263 e. The number of benzene rings is 2. The number of hydrogen-bond donors (Lipinski definition) is 1. The summed E-state index contributed by atoms with van der Waals surface area (Å²) in [5.74, 6) is 0.672. The highest BCUT2D eigenvalue weighted by molar-refractivity contribution is 7.92. The average Bonchev–Trinajstić information content (AvgIpc) is 2.46. The monoisotopic (exact) mass is 359 g/mol. The molecular weight excluding hydrogens is 345 g/mol. The van der Waals surface area contributed by atoms with Crippen molar-refractivity contribution in [2.45, 2.75) is 18.7 Å². The van der Waals surface area contributed by atoms with Crippen LogP contribution in [0.15, 0.2) is 41.3 Å². The Morgan fingerprint density at radius 2 is 1.73 bits per heavy atom. The van der Waals surface area contributed by atoms with Crippen LogP contribution in [0.5, 0.6) is 5.75 Å². The van der Waals surface area contributed by atoms with E-state index in [-0.39, 0.29) is 9.92 Å². The molecule has 1 N–H and O–H groups in total. The van der Waals surface area contributed by atoms with Gasteiger partial charge in [-0.25, -0.2) is 8.42 Å². The minimum Gasteiger partial charge on any atom is -0.494 e. The molecule has 0 bridgehead atoms. The fraction of sp³-hybridized carbons (Fsp3) is 0.200. The first kappa shape index (κ1) is 16.9. The van der Waals surface area contributed by atoms with Gasteiger partial charge < -0.3 is 4.74 Å². The van der Waals surface area contributed by atoms with E-state index in [4.69, 9.17) is 27.9 Å². The molecule has 0 aliphatic heterocycles. The van der Waals surface area contributed by atoms with Gasteiger partial charge in [0.1, 0.15) is 10.6 Å². The van der Waals surface area contributed by atoms with Crippen molar-refractivity contribution in [3.05, 3.63) is 52.0 Å². The Hall–Kier alpha value is -1.43. The molecule has 0 spiro atoms. The molecule has 2 aromatic carbocycles. The normalized spacial score (nSPS) is 11.3. The Balaban J connectivity index is 2.30. The highest BCUT2D eigenvalue weighted by Crippen LogP contribution is 2.31. The third-order valence-corrected chi connectivity index (χ3v) is 5.42. The van der Waals surface area contributed by atoms with Gasteiger partial charge >= 0.3 is 0 Å². The predicted octanol–water partition coefficient (Wildman–Crippen LogP) is 4.50. The molecule has 4 nitrogen and oxygen atoms in total. The average molecular weight is 360 g/mol. The molecule has 0 unspecified atom stereocenters. The van der Waals surface area contributed by atoms with Gasteiger partial charge in [0.15, 0.2) is 0 Å². The van der Waals surface area contributed by atoms with Crippen LogP contribution in [-0.2, 0) is 10.0 Å². The Bertz CT molecular complexity index is 774. The molecular formula is C15H15Cl2NO3S. The molecule has 0 aromatic heterocycles. The lowest BCUT2D eigenvalue weighted by Crippen LogP contribution is -2.13. The number of halogens is 2. The molecule has 0 saturated heterocycles. The lowest BCUT2D eigenvalue weighted by molar-refractivity contribution is 0.340. The quantitative estimate of drug-likeness (QED) is 0.854. The van der Waals surface area contributed by atoms with E-state index in [1.165, 1.54) is 12.1 Å². The Morgan fingerprint density at radius 3 is 2.32 bits per heavy atom. The minimum absolute atomic E-state index is 0.00930. The maximum absolute atomic E-state index is 12.4. The Morgan fingerprint density at radius 1 is 1.09 bits per heavy atom. The molecule has 0 atom stereocenters. The lowest BCUT2D eigenvalue weighted by atomic mass is 10.2. The van der Waals surface area contributed by atoms with Crippen LogP contribution in [0.2, 0.25) is 10.0 Å². The molecule has 0 saturated carbocycles. The Labute approximate surface area is 140 Å². The second kappa shape index (κ2) is 6.77. The summed E-state index contributed by atoms with van der Waals surface area (Å²) in [5, 5.41) is 0.538. The summed E-state index contributed by atoms with van der Waals surface area (Å²) in [4.78, 5) is -0.00930. The van der Waals surface area contributed by atoms with Gasteiger partial charge in [-0.2, -0.15) is 0 Å². The van der Waals surface area contributed by atoms with Crippen molar-refractivity contribution in [3.63, 3.8) is 0 Å². The van der Waals surface area contributed by atoms with Gasteiger partial charge in [-0.05, 0) is 55.8 Å². The molecule has 2 aromatic rings.